The van der Waals surface area contributed by atoms with E-state index in [1.54, 1.807) is 0 Å². The fourth-order valence-electron chi connectivity index (χ4n) is 9.38. The van der Waals surface area contributed by atoms with Crippen molar-refractivity contribution in [1.29, 1.82) is 0 Å². The summed E-state index contributed by atoms with van der Waals surface area (Å²) >= 11 is 0. The number of aliphatic hydroxyl groups excluding tert-OH is 1. The van der Waals surface area contributed by atoms with Crippen LogP contribution >= 0.6 is 0 Å². The summed E-state index contributed by atoms with van der Waals surface area (Å²) in [5.41, 5.74) is 0. The second kappa shape index (κ2) is 61.2. The number of rotatable bonds is 58. The van der Waals surface area contributed by atoms with Gasteiger partial charge in [0.2, 0.25) is 0 Å². The first kappa shape index (κ1) is 67.9. The van der Waals surface area contributed by atoms with Gasteiger partial charge in [-0.15, -0.1) is 0 Å². The standard InChI is InChI=1S/C65H120O5/c1-3-5-7-9-11-13-15-17-19-21-23-25-27-29-31-32-34-36-38-40-42-44-46-48-50-52-54-56-58-60-65(68)70-63(61-66)62-69-64(67)59-57-55-53-51-49-47-45-43-41-39-37-35-33-30-28-26-24-22-20-18-16-14-12-10-8-6-4-2/h15-18,21-24,63,66H,3-14,19-20,25-62H2,1-2H3/b17-15-,18-16-,23-21-,24-22-. The highest BCUT2D eigenvalue weighted by Gasteiger charge is 2.16. The highest BCUT2D eigenvalue weighted by molar-refractivity contribution is 5.70. The predicted molar refractivity (Wildman–Crippen MR) is 307 cm³/mol. The predicted octanol–water partition coefficient (Wildman–Crippen LogP) is 21.2. The van der Waals surface area contributed by atoms with Crippen LogP contribution in [0.1, 0.15) is 335 Å². The third kappa shape index (κ3) is 58.4. The number of aliphatic hydroxyl groups is 1. The summed E-state index contributed by atoms with van der Waals surface area (Å²) in [5, 5.41) is 9.68. The zero-order valence-electron chi connectivity index (χ0n) is 47.0. The first-order valence-corrected chi connectivity index (χ1v) is 31.2. The largest absolute Gasteiger partial charge is 0.462 e. The highest BCUT2D eigenvalue weighted by Crippen LogP contribution is 2.17. The fourth-order valence-corrected chi connectivity index (χ4v) is 9.38. The molecule has 0 heterocycles. The minimum Gasteiger partial charge on any atom is -0.462 e. The maximum absolute atomic E-state index is 12.3. The van der Waals surface area contributed by atoms with Crippen molar-refractivity contribution in [2.45, 2.75) is 341 Å². The number of allylic oxidation sites excluding steroid dienone is 8. The molecule has 0 saturated carbocycles. The van der Waals surface area contributed by atoms with E-state index < -0.39 is 6.10 Å². The lowest BCUT2D eigenvalue weighted by molar-refractivity contribution is -0.161. The van der Waals surface area contributed by atoms with Crippen LogP contribution in [0.5, 0.6) is 0 Å². The van der Waals surface area contributed by atoms with Crippen LogP contribution in [0.15, 0.2) is 48.6 Å². The van der Waals surface area contributed by atoms with E-state index in [1.807, 2.05) is 0 Å². The zero-order valence-corrected chi connectivity index (χ0v) is 47.0. The molecule has 0 aliphatic heterocycles. The van der Waals surface area contributed by atoms with Gasteiger partial charge in [0, 0.05) is 12.8 Å². The van der Waals surface area contributed by atoms with Gasteiger partial charge in [0.15, 0.2) is 6.10 Å². The maximum atomic E-state index is 12.3. The van der Waals surface area contributed by atoms with E-state index in [4.69, 9.17) is 9.47 Å². The molecule has 410 valence electrons. The lowest BCUT2D eigenvalue weighted by atomic mass is 10.0. The molecule has 0 aromatic carbocycles. The Morgan fingerprint density at radius 3 is 0.843 bits per heavy atom. The molecule has 0 radical (unpaired) electrons. The van der Waals surface area contributed by atoms with Crippen LogP contribution in [0.25, 0.3) is 0 Å². The average molecular weight is 982 g/mol. The van der Waals surface area contributed by atoms with E-state index in [0.717, 1.165) is 51.4 Å². The zero-order chi connectivity index (χ0) is 50.6. The molecule has 0 aromatic rings. The van der Waals surface area contributed by atoms with Gasteiger partial charge in [-0.05, 0) is 77.0 Å². The SMILES string of the molecule is CCCCCCC/C=C\C/C=C\CCCCCCCCCCCCCCCCCCCC(=O)OC(CO)COC(=O)CCCCCCCCCCCCCCCCC/C=C\C/C=C\CCCCCCC. The van der Waals surface area contributed by atoms with Gasteiger partial charge < -0.3 is 14.6 Å². The smallest absolute Gasteiger partial charge is 0.306 e. The molecule has 0 rings (SSSR count). The normalized spacial score (nSPS) is 12.4. The maximum Gasteiger partial charge on any atom is 0.306 e. The first-order valence-electron chi connectivity index (χ1n) is 31.2. The van der Waals surface area contributed by atoms with Crippen molar-refractivity contribution in [2.24, 2.45) is 0 Å². The van der Waals surface area contributed by atoms with Gasteiger partial charge in [-0.25, -0.2) is 0 Å². The van der Waals surface area contributed by atoms with Crippen LogP contribution in [-0.2, 0) is 19.1 Å². The molecule has 70 heavy (non-hydrogen) atoms. The summed E-state index contributed by atoms with van der Waals surface area (Å²) < 4.78 is 10.7. The van der Waals surface area contributed by atoms with Crippen LogP contribution in [0.3, 0.4) is 0 Å². The van der Waals surface area contributed by atoms with Crippen molar-refractivity contribution in [1.82, 2.24) is 0 Å². The summed E-state index contributed by atoms with van der Waals surface area (Å²) in [6.07, 6.45) is 81.1. The van der Waals surface area contributed by atoms with Gasteiger partial charge in [-0.1, -0.05) is 294 Å². The van der Waals surface area contributed by atoms with Crippen LogP contribution in [0.4, 0.5) is 0 Å². The second-order valence-electron chi connectivity index (χ2n) is 21.1. The quantitative estimate of drug-likeness (QED) is 0.0373. The Morgan fingerprint density at radius 1 is 0.329 bits per heavy atom. The Hall–Kier alpha value is -2.14. The topological polar surface area (TPSA) is 72.8 Å². The summed E-state index contributed by atoms with van der Waals surface area (Å²) in [5.74, 6) is -0.574. The number of carbonyl (C=O) groups is 2. The van der Waals surface area contributed by atoms with Crippen LogP contribution in [0.2, 0.25) is 0 Å². The molecule has 0 spiro atoms. The van der Waals surface area contributed by atoms with E-state index >= 15 is 0 Å². The molecule has 0 aliphatic carbocycles. The molecule has 5 heteroatoms. The highest BCUT2D eigenvalue weighted by atomic mass is 16.6. The van der Waals surface area contributed by atoms with Crippen LogP contribution in [-0.4, -0.2) is 36.4 Å². The van der Waals surface area contributed by atoms with E-state index in [2.05, 4.69) is 62.5 Å². The van der Waals surface area contributed by atoms with Crippen molar-refractivity contribution in [3.8, 4) is 0 Å². The van der Waals surface area contributed by atoms with Gasteiger partial charge in [-0.2, -0.15) is 0 Å². The molecule has 0 aliphatic rings. The van der Waals surface area contributed by atoms with Crippen LogP contribution in [0, 0.1) is 0 Å². The fraction of sp³-hybridized carbons (Fsp3) is 0.846. The van der Waals surface area contributed by atoms with Crippen molar-refractivity contribution in [3.05, 3.63) is 48.6 Å². The summed E-state index contributed by atoms with van der Waals surface area (Å²) in [6.45, 7) is 4.17. The van der Waals surface area contributed by atoms with Gasteiger partial charge in [0.25, 0.3) is 0 Å². The van der Waals surface area contributed by atoms with Crippen molar-refractivity contribution >= 4 is 11.9 Å². The van der Waals surface area contributed by atoms with E-state index in [9.17, 15) is 14.7 Å². The molecule has 1 atom stereocenters. The molecule has 1 unspecified atom stereocenters. The Balaban J connectivity index is 3.43. The number of hydrogen-bond donors (Lipinski definition) is 1. The van der Waals surface area contributed by atoms with Crippen molar-refractivity contribution < 1.29 is 24.2 Å². The van der Waals surface area contributed by atoms with Crippen LogP contribution < -0.4 is 0 Å². The minimum absolute atomic E-state index is 0.0622. The summed E-state index contributed by atoms with van der Waals surface area (Å²) in [7, 11) is 0. The van der Waals surface area contributed by atoms with Crippen molar-refractivity contribution in [2.75, 3.05) is 13.2 Å². The molecule has 0 saturated heterocycles. The van der Waals surface area contributed by atoms with E-state index in [-0.39, 0.29) is 25.2 Å². The van der Waals surface area contributed by atoms with Gasteiger partial charge >= 0.3 is 11.9 Å². The van der Waals surface area contributed by atoms with Gasteiger partial charge in [0.1, 0.15) is 6.61 Å². The molecule has 0 aromatic heterocycles. The number of carbonyl (C=O) groups excluding carboxylic acids is 2. The lowest BCUT2D eigenvalue weighted by Gasteiger charge is -2.15. The Morgan fingerprint density at radius 2 is 0.571 bits per heavy atom. The van der Waals surface area contributed by atoms with E-state index in [1.165, 1.54) is 257 Å². The summed E-state index contributed by atoms with van der Waals surface area (Å²) in [6, 6.07) is 0. The molecular weight excluding hydrogens is 861 g/mol. The van der Waals surface area contributed by atoms with Crippen molar-refractivity contribution in [3.63, 3.8) is 0 Å². The Bertz CT molecular complexity index is 1150. The third-order valence-electron chi connectivity index (χ3n) is 14.1. The molecule has 0 bridgehead atoms. The third-order valence-corrected chi connectivity index (χ3v) is 14.1. The molecule has 0 fully saturated rings. The second-order valence-corrected chi connectivity index (χ2v) is 21.1. The first-order chi connectivity index (χ1) is 34.6. The van der Waals surface area contributed by atoms with Gasteiger partial charge in [0.05, 0.1) is 6.61 Å². The molecule has 0 amide bonds. The monoisotopic (exact) mass is 981 g/mol. The molecular formula is C65H120O5. The Kier molecular flexibility index (Phi) is 59.3. The summed E-state index contributed by atoms with van der Waals surface area (Å²) in [4.78, 5) is 24.6. The minimum atomic E-state index is -0.772. The molecule has 1 N–H and O–H groups in total. The lowest BCUT2D eigenvalue weighted by Crippen LogP contribution is -2.28. The number of ether oxygens (including phenoxy) is 2. The number of unbranched alkanes of at least 4 members (excludes halogenated alkanes) is 42. The molecule has 5 nitrogen and oxygen atoms in total. The number of hydrogen-bond acceptors (Lipinski definition) is 5. The number of esters is 2. The van der Waals surface area contributed by atoms with Gasteiger partial charge in [-0.3, -0.25) is 9.59 Å². The average Bonchev–Trinajstić information content (AvgIpc) is 3.36. The van der Waals surface area contributed by atoms with E-state index in [0.29, 0.717) is 12.8 Å². The Labute approximate surface area is 437 Å².